The van der Waals surface area contributed by atoms with Crippen LogP contribution < -0.4 is 15.7 Å². The van der Waals surface area contributed by atoms with Gasteiger partial charge in [0.2, 0.25) is 0 Å². The van der Waals surface area contributed by atoms with Crippen molar-refractivity contribution >= 4 is 28.5 Å². The first-order valence-electron chi connectivity index (χ1n) is 6.51. The van der Waals surface area contributed by atoms with Gasteiger partial charge in [0.05, 0.1) is 17.5 Å². The largest absolute Gasteiger partial charge is 0.482 e. The molecule has 0 saturated heterocycles. The average Bonchev–Trinajstić information content (AvgIpc) is 2.46. The fourth-order valence-electron chi connectivity index (χ4n) is 1.88. The van der Waals surface area contributed by atoms with Gasteiger partial charge in [0.1, 0.15) is 11.3 Å². The number of hydrogen-bond acceptors (Lipinski definition) is 5. The highest BCUT2D eigenvalue weighted by atomic mass is 35.5. The number of fused-ring (bicyclic) bond motifs is 1. The molecular weight excluding hydrogens is 308 g/mol. The van der Waals surface area contributed by atoms with E-state index in [-0.39, 0.29) is 31.2 Å². The number of carbonyl (C=O) groups is 1. The molecule has 1 amide bonds. The van der Waals surface area contributed by atoms with Crippen molar-refractivity contribution in [2.45, 2.75) is 13.3 Å². The monoisotopic (exact) mass is 320 g/mol. The number of amides is 1. The molecule has 0 aliphatic heterocycles. The summed E-state index contributed by atoms with van der Waals surface area (Å²) < 4.78 is 10.4. The van der Waals surface area contributed by atoms with E-state index in [1.165, 1.54) is 12.1 Å². The zero-order valence-corrected chi connectivity index (χ0v) is 12.6. The molecule has 1 heterocycles. The summed E-state index contributed by atoms with van der Waals surface area (Å²) in [5, 5.41) is 11.9. The Morgan fingerprint density at radius 3 is 2.95 bits per heavy atom. The third kappa shape index (κ3) is 3.77. The number of hydrogen-bond donors (Lipinski definition) is 1. The highest BCUT2D eigenvalue weighted by molar-refractivity contribution is 6.32. The number of nitrogens with zero attached hydrogens (tertiary/aromatic N) is 1. The van der Waals surface area contributed by atoms with Crippen molar-refractivity contribution in [3.8, 4) is 11.8 Å². The summed E-state index contributed by atoms with van der Waals surface area (Å²) in [5.41, 5.74) is 0.621. The predicted molar refractivity (Wildman–Crippen MR) is 81.0 cm³/mol. The van der Waals surface area contributed by atoms with Gasteiger partial charge in [-0.15, -0.1) is 0 Å². The summed E-state index contributed by atoms with van der Waals surface area (Å²) in [6.45, 7) is 1.80. The summed E-state index contributed by atoms with van der Waals surface area (Å²) in [6.07, 6.45) is 0.229. The van der Waals surface area contributed by atoms with Crippen LogP contribution in [0.2, 0.25) is 5.02 Å². The van der Waals surface area contributed by atoms with Crippen LogP contribution in [-0.4, -0.2) is 19.1 Å². The quantitative estimate of drug-likeness (QED) is 0.673. The van der Waals surface area contributed by atoms with Crippen LogP contribution in [0.5, 0.6) is 5.75 Å². The smallest absolute Gasteiger partial charge is 0.336 e. The van der Waals surface area contributed by atoms with Crippen molar-refractivity contribution in [1.82, 2.24) is 5.32 Å². The van der Waals surface area contributed by atoms with E-state index in [0.717, 1.165) is 5.56 Å². The molecule has 0 fully saturated rings. The van der Waals surface area contributed by atoms with Crippen LogP contribution in [0, 0.1) is 18.3 Å². The third-order valence-electron chi connectivity index (χ3n) is 2.92. The molecule has 0 saturated carbocycles. The van der Waals surface area contributed by atoms with E-state index in [1.807, 2.05) is 6.07 Å². The lowest BCUT2D eigenvalue weighted by Gasteiger charge is -2.09. The summed E-state index contributed by atoms with van der Waals surface area (Å²) in [6, 6.07) is 6.40. The highest BCUT2D eigenvalue weighted by Gasteiger charge is 2.10. The Balaban J connectivity index is 2.15. The number of ether oxygens (including phenoxy) is 1. The molecule has 0 unspecified atom stereocenters. The first-order chi connectivity index (χ1) is 10.5. The number of rotatable bonds is 5. The summed E-state index contributed by atoms with van der Waals surface area (Å²) >= 11 is 6.11. The minimum absolute atomic E-state index is 0.229. The van der Waals surface area contributed by atoms with Crippen molar-refractivity contribution in [2.75, 3.05) is 13.2 Å². The van der Waals surface area contributed by atoms with Crippen LogP contribution in [0.4, 0.5) is 0 Å². The van der Waals surface area contributed by atoms with Crippen LogP contribution in [0.25, 0.3) is 11.0 Å². The molecule has 7 heteroatoms. The Kier molecular flexibility index (Phi) is 5.02. The number of aryl methyl sites for hydroxylation is 1. The van der Waals surface area contributed by atoms with Gasteiger partial charge in [-0.25, -0.2) is 4.79 Å². The van der Waals surface area contributed by atoms with Gasteiger partial charge in [-0.3, -0.25) is 4.79 Å². The summed E-state index contributed by atoms with van der Waals surface area (Å²) in [4.78, 5) is 22.9. The van der Waals surface area contributed by atoms with E-state index in [9.17, 15) is 9.59 Å². The molecule has 114 valence electrons. The van der Waals surface area contributed by atoms with Gasteiger partial charge in [0, 0.05) is 24.1 Å². The summed E-state index contributed by atoms with van der Waals surface area (Å²) in [5.74, 6) is -0.115. The van der Waals surface area contributed by atoms with Crippen LogP contribution >= 0.6 is 11.6 Å². The molecule has 0 aliphatic carbocycles. The minimum atomic E-state index is -0.465. The van der Waals surface area contributed by atoms with E-state index in [4.69, 9.17) is 26.0 Å². The zero-order chi connectivity index (χ0) is 16.1. The van der Waals surface area contributed by atoms with Crippen molar-refractivity contribution < 1.29 is 13.9 Å². The Bertz CT molecular complexity index is 808. The lowest BCUT2D eigenvalue weighted by molar-refractivity contribution is -0.123. The predicted octanol–water partition coefficient (Wildman–Crippen LogP) is 2.16. The van der Waals surface area contributed by atoms with Gasteiger partial charge >= 0.3 is 5.63 Å². The maximum atomic E-state index is 11.5. The van der Waals surface area contributed by atoms with Gasteiger partial charge in [-0.05, 0) is 18.6 Å². The third-order valence-corrected chi connectivity index (χ3v) is 3.22. The van der Waals surface area contributed by atoms with Crippen LogP contribution in [0.3, 0.4) is 0 Å². The number of benzene rings is 1. The van der Waals surface area contributed by atoms with E-state index in [0.29, 0.717) is 16.0 Å². The van der Waals surface area contributed by atoms with Crippen LogP contribution in [0.1, 0.15) is 12.0 Å². The van der Waals surface area contributed by atoms with E-state index >= 15 is 0 Å². The molecule has 0 bridgehead atoms. The Hall–Kier alpha value is -2.52. The fourth-order valence-corrected chi connectivity index (χ4v) is 2.10. The Morgan fingerprint density at radius 1 is 1.45 bits per heavy atom. The summed E-state index contributed by atoms with van der Waals surface area (Å²) in [7, 11) is 0. The van der Waals surface area contributed by atoms with E-state index in [2.05, 4.69) is 5.32 Å². The van der Waals surface area contributed by atoms with E-state index in [1.54, 1.807) is 13.0 Å². The molecule has 1 aromatic carbocycles. The molecule has 2 rings (SSSR count). The lowest BCUT2D eigenvalue weighted by Crippen LogP contribution is -2.29. The average molecular weight is 321 g/mol. The molecule has 2 aromatic rings. The molecule has 1 N–H and O–H groups in total. The van der Waals surface area contributed by atoms with Gasteiger partial charge < -0.3 is 14.5 Å². The van der Waals surface area contributed by atoms with Gasteiger partial charge in [-0.2, -0.15) is 5.26 Å². The molecule has 1 aromatic heterocycles. The van der Waals surface area contributed by atoms with Crippen molar-refractivity contribution in [2.24, 2.45) is 0 Å². The molecule has 0 atom stereocenters. The van der Waals surface area contributed by atoms with Gasteiger partial charge in [-0.1, -0.05) is 11.6 Å². The number of carbonyl (C=O) groups excluding carboxylic acids is 1. The van der Waals surface area contributed by atoms with E-state index < -0.39 is 5.63 Å². The number of nitriles is 1. The standard InChI is InChI=1S/C15H13ClN2O4/c1-9-5-15(20)22-12-7-13(11(16)6-10(9)12)21-8-14(19)18-4-2-3-17/h5-7H,2,4,8H2,1H3,(H,18,19). The Morgan fingerprint density at radius 2 is 2.23 bits per heavy atom. The van der Waals surface area contributed by atoms with Gasteiger partial charge in [0.25, 0.3) is 5.91 Å². The fraction of sp³-hybridized carbons (Fsp3) is 0.267. The maximum Gasteiger partial charge on any atom is 0.336 e. The second-order valence-corrected chi connectivity index (χ2v) is 4.98. The minimum Gasteiger partial charge on any atom is -0.482 e. The Labute approximate surface area is 131 Å². The molecule has 22 heavy (non-hydrogen) atoms. The van der Waals surface area contributed by atoms with Crippen molar-refractivity contribution in [3.05, 3.63) is 39.2 Å². The van der Waals surface area contributed by atoms with Crippen LogP contribution in [-0.2, 0) is 4.79 Å². The molecular formula is C15H13ClN2O4. The molecule has 0 aliphatic rings. The van der Waals surface area contributed by atoms with Crippen LogP contribution in [0.15, 0.2) is 27.4 Å². The number of nitrogens with one attached hydrogen (secondary N) is 1. The first kappa shape index (κ1) is 15.9. The second kappa shape index (κ2) is 6.96. The second-order valence-electron chi connectivity index (χ2n) is 4.57. The topological polar surface area (TPSA) is 92.3 Å². The zero-order valence-electron chi connectivity index (χ0n) is 11.8. The van der Waals surface area contributed by atoms with Crippen molar-refractivity contribution in [3.63, 3.8) is 0 Å². The highest BCUT2D eigenvalue weighted by Crippen LogP contribution is 2.30. The lowest BCUT2D eigenvalue weighted by atomic mass is 10.1. The van der Waals surface area contributed by atoms with Crippen molar-refractivity contribution in [1.29, 1.82) is 5.26 Å². The molecule has 6 nitrogen and oxygen atoms in total. The maximum absolute atomic E-state index is 11.5. The normalized spacial score (nSPS) is 10.2. The van der Waals surface area contributed by atoms with Gasteiger partial charge in [0.15, 0.2) is 6.61 Å². The number of halogens is 1. The molecule has 0 spiro atoms. The molecule has 0 radical (unpaired) electrons. The first-order valence-corrected chi connectivity index (χ1v) is 6.89. The SMILES string of the molecule is Cc1cc(=O)oc2cc(OCC(=O)NCCC#N)c(Cl)cc12.